The van der Waals surface area contributed by atoms with Crippen LogP contribution in [0.4, 0.5) is 0 Å². The fourth-order valence-electron chi connectivity index (χ4n) is 1.15. The van der Waals surface area contributed by atoms with E-state index in [9.17, 15) is 0 Å². The third kappa shape index (κ3) is 2.53. The Morgan fingerprint density at radius 1 is 1.38 bits per heavy atom. The summed E-state index contributed by atoms with van der Waals surface area (Å²) in [5.74, 6) is 2.77. The smallest absolute Gasteiger partial charge is 0.143 e. The number of aromatic nitrogens is 3. The molecule has 1 rings (SSSR count). The van der Waals surface area contributed by atoms with Gasteiger partial charge in [0.2, 0.25) is 0 Å². The highest BCUT2D eigenvalue weighted by Gasteiger charge is 2.09. The molecular weight excluding hydrogens is 230 g/mol. The van der Waals surface area contributed by atoms with Gasteiger partial charge in [-0.05, 0) is 5.92 Å². The average molecular weight is 246 g/mol. The molecule has 0 aliphatic rings. The molecule has 1 aromatic heterocycles. The predicted octanol–water partition coefficient (Wildman–Crippen LogP) is 2.30. The van der Waals surface area contributed by atoms with E-state index in [2.05, 4.69) is 44.5 Å². The highest BCUT2D eigenvalue weighted by Crippen LogP contribution is 2.11. The molecule has 1 aromatic rings. The molecule has 0 fully saturated rings. The quantitative estimate of drug-likeness (QED) is 0.763. The number of rotatable bonds is 4. The van der Waals surface area contributed by atoms with Gasteiger partial charge in [-0.3, -0.25) is 0 Å². The Hall–Kier alpha value is -0.380. The number of hydrogen-bond donors (Lipinski definition) is 0. The van der Waals surface area contributed by atoms with E-state index in [1.807, 2.05) is 7.05 Å². The first-order valence-corrected chi connectivity index (χ1v) is 5.74. The second-order valence-corrected chi connectivity index (χ2v) is 4.00. The largest absolute Gasteiger partial charge is 0.317 e. The summed E-state index contributed by atoms with van der Waals surface area (Å²) in [5, 5.41) is 9.02. The van der Waals surface area contributed by atoms with Gasteiger partial charge >= 0.3 is 0 Å². The molecule has 0 aromatic carbocycles. The standard InChI is InChI=1S/C9H16BrN3/c1-4-7(2)5-8-11-12-9(6-10)13(8)3/h7H,4-6H2,1-3H3. The maximum Gasteiger partial charge on any atom is 0.143 e. The van der Waals surface area contributed by atoms with E-state index < -0.39 is 0 Å². The first-order valence-electron chi connectivity index (χ1n) is 4.62. The molecule has 1 heterocycles. The molecule has 0 radical (unpaired) electrons. The van der Waals surface area contributed by atoms with Gasteiger partial charge in [0.05, 0.1) is 5.33 Å². The Labute approximate surface area is 87.7 Å². The van der Waals surface area contributed by atoms with Crippen molar-refractivity contribution in [2.75, 3.05) is 0 Å². The van der Waals surface area contributed by atoms with Crippen LogP contribution in [0.5, 0.6) is 0 Å². The molecule has 4 heteroatoms. The lowest BCUT2D eigenvalue weighted by Gasteiger charge is -2.07. The van der Waals surface area contributed by atoms with Crippen LogP contribution in [0.25, 0.3) is 0 Å². The van der Waals surface area contributed by atoms with Crippen molar-refractivity contribution in [1.82, 2.24) is 14.8 Å². The summed E-state index contributed by atoms with van der Waals surface area (Å²) in [6.45, 7) is 4.44. The zero-order valence-corrected chi connectivity index (χ0v) is 10.0. The summed E-state index contributed by atoms with van der Waals surface area (Å²) in [5.41, 5.74) is 0. The van der Waals surface area contributed by atoms with Crippen molar-refractivity contribution in [3.63, 3.8) is 0 Å². The lowest BCUT2D eigenvalue weighted by Crippen LogP contribution is -2.06. The summed E-state index contributed by atoms with van der Waals surface area (Å²) in [7, 11) is 2.02. The Balaban J connectivity index is 2.72. The number of nitrogens with zero attached hydrogens (tertiary/aromatic N) is 3. The monoisotopic (exact) mass is 245 g/mol. The normalized spacial score (nSPS) is 13.2. The topological polar surface area (TPSA) is 30.7 Å². The van der Waals surface area contributed by atoms with Gasteiger partial charge in [-0.15, -0.1) is 10.2 Å². The molecule has 0 amide bonds. The van der Waals surface area contributed by atoms with E-state index in [-0.39, 0.29) is 0 Å². The second-order valence-electron chi connectivity index (χ2n) is 3.44. The van der Waals surface area contributed by atoms with Crippen molar-refractivity contribution in [1.29, 1.82) is 0 Å². The third-order valence-electron chi connectivity index (χ3n) is 2.40. The van der Waals surface area contributed by atoms with E-state index in [1.54, 1.807) is 0 Å². The van der Waals surface area contributed by atoms with Gasteiger partial charge < -0.3 is 4.57 Å². The van der Waals surface area contributed by atoms with E-state index in [0.29, 0.717) is 5.92 Å². The Morgan fingerprint density at radius 3 is 2.46 bits per heavy atom. The van der Waals surface area contributed by atoms with Crippen molar-refractivity contribution < 1.29 is 0 Å². The Bertz CT molecular complexity index is 270. The second kappa shape index (κ2) is 4.74. The SMILES string of the molecule is CCC(C)Cc1nnc(CBr)n1C. The van der Waals surface area contributed by atoms with Gasteiger partial charge in [0.25, 0.3) is 0 Å². The van der Waals surface area contributed by atoms with Crippen molar-refractivity contribution >= 4 is 15.9 Å². The Morgan fingerprint density at radius 2 is 2.00 bits per heavy atom. The zero-order valence-electron chi connectivity index (χ0n) is 8.42. The number of alkyl halides is 1. The highest BCUT2D eigenvalue weighted by atomic mass is 79.9. The van der Waals surface area contributed by atoms with Crippen LogP contribution in [0.3, 0.4) is 0 Å². The van der Waals surface area contributed by atoms with Crippen LogP contribution in [0.15, 0.2) is 0 Å². The molecule has 0 spiro atoms. The van der Waals surface area contributed by atoms with Crippen molar-refractivity contribution in [3.8, 4) is 0 Å². The van der Waals surface area contributed by atoms with E-state index in [0.717, 1.165) is 23.4 Å². The van der Waals surface area contributed by atoms with E-state index in [1.165, 1.54) is 6.42 Å². The average Bonchev–Trinajstić information content (AvgIpc) is 2.48. The van der Waals surface area contributed by atoms with Gasteiger partial charge in [0.1, 0.15) is 11.6 Å². The molecule has 0 saturated carbocycles. The fraction of sp³-hybridized carbons (Fsp3) is 0.778. The maximum atomic E-state index is 4.16. The minimum atomic E-state index is 0.686. The first-order chi connectivity index (χ1) is 6.19. The molecule has 0 aliphatic carbocycles. The van der Waals surface area contributed by atoms with Gasteiger partial charge in [0.15, 0.2) is 0 Å². The lowest BCUT2D eigenvalue weighted by atomic mass is 10.1. The van der Waals surface area contributed by atoms with Crippen LogP contribution in [-0.2, 0) is 18.8 Å². The number of hydrogen-bond acceptors (Lipinski definition) is 2. The summed E-state index contributed by atoms with van der Waals surface area (Å²) in [4.78, 5) is 0. The van der Waals surface area contributed by atoms with Gasteiger partial charge in [-0.1, -0.05) is 36.2 Å². The number of halogens is 1. The van der Waals surface area contributed by atoms with Gasteiger partial charge in [-0.25, -0.2) is 0 Å². The fourth-order valence-corrected chi connectivity index (χ4v) is 1.64. The Kier molecular flexibility index (Phi) is 3.90. The minimum absolute atomic E-state index is 0.686. The van der Waals surface area contributed by atoms with Crippen LogP contribution in [0, 0.1) is 5.92 Å². The molecule has 3 nitrogen and oxygen atoms in total. The summed E-state index contributed by atoms with van der Waals surface area (Å²) < 4.78 is 2.07. The molecule has 1 unspecified atom stereocenters. The van der Waals surface area contributed by atoms with Crippen molar-refractivity contribution in [2.24, 2.45) is 13.0 Å². The molecule has 1 atom stereocenters. The molecule has 13 heavy (non-hydrogen) atoms. The maximum absolute atomic E-state index is 4.16. The molecule has 0 aliphatic heterocycles. The van der Waals surface area contributed by atoms with Crippen LogP contribution < -0.4 is 0 Å². The van der Waals surface area contributed by atoms with Gasteiger partial charge in [-0.2, -0.15) is 0 Å². The molecular formula is C9H16BrN3. The zero-order chi connectivity index (χ0) is 9.84. The van der Waals surface area contributed by atoms with Crippen LogP contribution in [-0.4, -0.2) is 14.8 Å². The minimum Gasteiger partial charge on any atom is -0.317 e. The lowest BCUT2D eigenvalue weighted by molar-refractivity contribution is 0.531. The van der Waals surface area contributed by atoms with E-state index >= 15 is 0 Å². The first kappa shape index (κ1) is 10.7. The summed E-state index contributed by atoms with van der Waals surface area (Å²) in [6, 6.07) is 0. The summed E-state index contributed by atoms with van der Waals surface area (Å²) >= 11 is 3.38. The molecule has 0 saturated heterocycles. The van der Waals surface area contributed by atoms with Gasteiger partial charge in [0, 0.05) is 13.5 Å². The third-order valence-corrected chi connectivity index (χ3v) is 2.90. The van der Waals surface area contributed by atoms with Crippen LogP contribution in [0.1, 0.15) is 31.9 Å². The predicted molar refractivity (Wildman–Crippen MR) is 56.8 cm³/mol. The molecule has 0 N–H and O–H groups in total. The van der Waals surface area contributed by atoms with E-state index in [4.69, 9.17) is 0 Å². The van der Waals surface area contributed by atoms with Crippen LogP contribution in [0.2, 0.25) is 0 Å². The van der Waals surface area contributed by atoms with Crippen molar-refractivity contribution in [3.05, 3.63) is 11.6 Å². The highest BCUT2D eigenvalue weighted by molar-refractivity contribution is 9.08. The van der Waals surface area contributed by atoms with Crippen molar-refractivity contribution in [2.45, 2.75) is 32.0 Å². The summed E-state index contributed by atoms with van der Waals surface area (Å²) in [6.07, 6.45) is 2.21. The molecule has 0 bridgehead atoms. The van der Waals surface area contributed by atoms with Crippen LogP contribution >= 0.6 is 15.9 Å². The molecule has 74 valence electrons.